The highest BCUT2D eigenvalue weighted by Crippen LogP contribution is 2.39. The number of aldehydes is 4. The third-order valence-corrected chi connectivity index (χ3v) is 2.95. The van der Waals surface area contributed by atoms with Crippen molar-refractivity contribution in [1.29, 1.82) is 0 Å². The molecule has 76 valence electrons. The number of rotatable bonds is 5. The first-order chi connectivity index (χ1) is 6.78. The molecule has 0 saturated heterocycles. The van der Waals surface area contributed by atoms with Crippen molar-refractivity contribution < 1.29 is 19.2 Å². The standard InChI is InChI=1S/C10H12O4/c11-2-1-7-3-8(4-12)10(6-14)9(7)5-13/h2,4-10H,1,3H2. The summed E-state index contributed by atoms with van der Waals surface area (Å²) in [6, 6.07) is 0. The largest absolute Gasteiger partial charge is 0.303 e. The molecule has 1 saturated carbocycles. The van der Waals surface area contributed by atoms with Gasteiger partial charge in [0, 0.05) is 24.2 Å². The Labute approximate surface area is 81.7 Å². The first kappa shape index (κ1) is 10.8. The molecule has 0 amide bonds. The number of carbonyl (C=O) groups is 4. The Balaban J connectivity index is 2.82. The lowest BCUT2D eigenvalue weighted by Gasteiger charge is -2.12. The third-order valence-electron chi connectivity index (χ3n) is 2.95. The van der Waals surface area contributed by atoms with E-state index in [2.05, 4.69) is 0 Å². The van der Waals surface area contributed by atoms with Crippen molar-refractivity contribution in [2.45, 2.75) is 12.8 Å². The molecule has 0 heterocycles. The fraction of sp³-hybridized carbons (Fsp3) is 0.600. The van der Waals surface area contributed by atoms with Gasteiger partial charge in [0.25, 0.3) is 0 Å². The predicted molar refractivity (Wildman–Crippen MR) is 47.5 cm³/mol. The number of hydrogen-bond acceptors (Lipinski definition) is 4. The molecule has 0 aromatic rings. The van der Waals surface area contributed by atoms with E-state index in [-0.39, 0.29) is 12.3 Å². The first-order valence-electron chi connectivity index (χ1n) is 4.58. The van der Waals surface area contributed by atoms with Crippen LogP contribution in [0.1, 0.15) is 12.8 Å². The summed E-state index contributed by atoms with van der Waals surface area (Å²) in [6.07, 6.45) is 3.50. The second-order valence-electron chi connectivity index (χ2n) is 3.62. The van der Waals surface area contributed by atoms with E-state index in [1.54, 1.807) is 0 Å². The molecule has 1 rings (SSSR count). The molecule has 0 spiro atoms. The lowest BCUT2D eigenvalue weighted by molar-refractivity contribution is -0.122. The summed E-state index contributed by atoms with van der Waals surface area (Å²) in [7, 11) is 0. The number of hydrogen-bond donors (Lipinski definition) is 0. The zero-order chi connectivity index (χ0) is 10.6. The third kappa shape index (κ3) is 1.78. The van der Waals surface area contributed by atoms with Gasteiger partial charge in [0.1, 0.15) is 25.1 Å². The maximum atomic E-state index is 10.7. The molecule has 0 bridgehead atoms. The van der Waals surface area contributed by atoms with Crippen LogP contribution in [0.5, 0.6) is 0 Å². The van der Waals surface area contributed by atoms with E-state index in [1.165, 1.54) is 0 Å². The summed E-state index contributed by atoms with van der Waals surface area (Å²) in [4.78, 5) is 42.4. The normalized spacial score (nSPS) is 36.3. The van der Waals surface area contributed by atoms with E-state index in [0.29, 0.717) is 25.3 Å². The van der Waals surface area contributed by atoms with Crippen LogP contribution in [0.15, 0.2) is 0 Å². The van der Waals surface area contributed by atoms with Crippen LogP contribution >= 0.6 is 0 Å². The molecule has 4 atom stereocenters. The van der Waals surface area contributed by atoms with Crippen molar-refractivity contribution in [2.24, 2.45) is 23.7 Å². The minimum Gasteiger partial charge on any atom is -0.303 e. The molecule has 0 radical (unpaired) electrons. The molecular weight excluding hydrogens is 184 g/mol. The van der Waals surface area contributed by atoms with E-state index in [4.69, 9.17) is 0 Å². The van der Waals surface area contributed by atoms with Crippen molar-refractivity contribution >= 4 is 25.1 Å². The van der Waals surface area contributed by atoms with Crippen molar-refractivity contribution in [2.75, 3.05) is 0 Å². The van der Waals surface area contributed by atoms with Gasteiger partial charge in [-0.1, -0.05) is 0 Å². The fourth-order valence-electron chi connectivity index (χ4n) is 2.18. The smallest absolute Gasteiger partial charge is 0.124 e. The van der Waals surface area contributed by atoms with Gasteiger partial charge in [-0.05, 0) is 12.3 Å². The molecule has 4 nitrogen and oxygen atoms in total. The zero-order valence-corrected chi connectivity index (χ0v) is 7.67. The first-order valence-corrected chi connectivity index (χ1v) is 4.58. The van der Waals surface area contributed by atoms with Gasteiger partial charge in [-0.15, -0.1) is 0 Å². The topological polar surface area (TPSA) is 68.3 Å². The molecule has 0 aromatic carbocycles. The Bertz CT molecular complexity index is 249. The van der Waals surface area contributed by atoms with E-state index in [1.807, 2.05) is 0 Å². The Hall–Kier alpha value is -1.32. The second kappa shape index (κ2) is 4.79. The highest BCUT2D eigenvalue weighted by molar-refractivity contribution is 5.73. The van der Waals surface area contributed by atoms with E-state index in [0.717, 1.165) is 6.29 Å². The predicted octanol–water partition coefficient (Wildman–Crippen LogP) is 0.0406. The van der Waals surface area contributed by atoms with Gasteiger partial charge in [-0.3, -0.25) is 0 Å². The lowest BCUT2D eigenvalue weighted by atomic mass is 9.88. The van der Waals surface area contributed by atoms with Crippen molar-refractivity contribution in [1.82, 2.24) is 0 Å². The Kier molecular flexibility index (Phi) is 3.68. The zero-order valence-electron chi connectivity index (χ0n) is 7.67. The summed E-state index contributed by atoms with van der Waals surface area (Å²) in [5.74, 6) is -1.54. The van der Waals surface area contributed by atoms with Crippen LogP contribution in [-0.4, -0.2) is 25.1 Å². The molecule has 1 fully saturated rings. The van der Waals surface area contributed by atoms with Gasteiger partial charge < -0.3 is 19.2 Å². The maximum absolute atomic E-state index is 10.7. The molecule has 4 unspecified atom stereocenters. The van der Waals surface area contributed by atoms with E-state index < -0.39 is 17.8 Å². The highest BCUT2D eigenvalue weighted by atomic mass is 16.1. The summed E-state index contributed by atoms with van der Waals surface area (Å²) in [6.45, 7) is 0. The van der Waals surface area contributed by atoms with Crippen LogP contribution < -0.4 is 0 Å². The molecule has 0 aromatic heterocycles. The molecule has 0 N–H and O–H groups in total. The van der Waals surface area contributed by atoms with Crippen molar-refractivity contribution in [3.8, 4) is 0 Å². The Morgan fingerprint density at radius 2 is 1.57 bits per heavy atom. The summed E-state index contributed by atoms with van der Waals surface area (Å²) < 4.78 is 0. The maximum Gasteiger partial charge on any atom is 0.124 e. The SMILES string of the molecule is O=CCC1CC(C=O)C(C=O)C1C=O. The second-order valence-corrected chi connectivity index (χ2v) is 3.62. The minimum absolute atomic E-state index is 0.143. The van der Waals surface area contributed by atoms with Gasteiger partial charge in [0.05, 0.1) is 0 Å². The van der Waals surface area contributed by atoms with Crippen LogP contribution in [0.25, 0.3) is 0 Å². The fourth-order valence-corrected chi connectivity index (χ4v) is 2.18. The Morgan fingerprint density at radius 3 is 2.00 bits per heavy atom. The Morgan fingerprint density at radius 1 is 0.929 bits per heavy atom. The van der Waals surface area contributed by atoms with Crippen molar-refractivity contribution in [3.05, 3.63) is 0 Å². The van der Waals surface area contributed by atoms with Crippen LogP contribution in [-0.2, 0) is 19.2 Å². The summed E-state index contributed by atoms with van der Waals surface area (Å²) >= 11 is 0. The van der Waals surface area contributed by atoms with Crippen LogP contribution in [0.2, 0.25) is 0 Å². The molecular formula is C10H12O4. The van der Waals surface area contributed by atoms with Gasteiger partial charge in [0.15, 0.2) is 0 Å². The van der Waals surface area contributed by atoms with Gasteiger partial charge in [-0.2, -0.15) is 0 Å². The van der Waals surface area contributed by atoms with Gasteiger partial charge in [0.2, 0.25) is 0 Å². The van der Waals surface area contributed by atoms with E-state index in [9.17, 15) is 19.2 Å². The summed E-state index contributed by atoms with van der Waals surface area (Å²) in [5, 5.41) is 0. The van der Waals surface area contributed by atoms with Crippen LogP contribution in [0, 0.1) is 23.7 Å². The highest BCUT2D eigenvalue weighted by Gasteiger charge is 2.42. The molecule has 4 heteroatoms. The molecule has 14 heavy (non-hydrogen) atoms. The monoisotopic (exact) mass is 196 g/mol. The molecule has 1 aliphatic rings. The average Bonchev–Trinajstić information content (AvgIpc) is 2.55. The lowest BCUT2D eigenvalue weighted by Crippen LogP contribution is -2.21. The van der Waals surface area contributed by atoms with E-state index >= 15 is 0 Å². The molecule has 0 aliphatic heterocycles. The average molecular weight is 196 g/mol. The van der Waals surface area contributed by atoms with Crippen LogP contribution in [0.3, 0.4) is 0 Å². The minimum atomic E-state index is -0.532. The number of carbonyl (C=O) groups excluding carboxylic acids is 4. The molecule has 1 aliphatic carbocycles. The van der Waals surface area contributed by atoms with Gasteiger partial charge >= 0.3 is 0 Å². The quantitative estimate of drug-likeness (QED) is 0.582. The van der Waals surface area contributed by atoms with Crippen LogP contribution in [0.4, 0.5) is 0 Å². The van der Waals surface area contributed by atoms with Crippen molar-refractivity contribution in [3.63, 3.8) is 0 Å². The summed E-state index contributed by atoms with van der Waals surface area (Å²) in [5.41, 5.74) is 0. The van der Waals surface area contributed by atoms with Gasteiger partial charge in [-0.25, -0.2) is 0 Å².